The first-order chi connectivity index (χ1) is 7.69. The molecule has 0 aromatic rings. The summed E-state index contributed by atoms with van der Waals surface area (Å²) in [7, 11) is 3.27. The topological polar surface area (TPSA) is 60.9 Å². The van der Waals surface area contributed by atoms with E-state index < -0.39 is 11.5 Å². The largest absolute Gasteiger partial charge is 0.480 e. The first-order valence-electron chi connectivity index (χ1n) is 5.93. The van der Waals surface area contributed by atoms with Gasteiger partial charge >= 0.3 is 12.0 Å². The zero-order valence-corrected chi connectivity index (χ0v) is 11.2. The first kappa shape index (κ1) is 13.8. The average Bonchev–Trinajstić information content (AvgIpc) is 3.08. The van der Waals surface area contributed by atoms with E-state index >= 15 is 0 Å². The lowest BCUT2D eigenvalue weighted by Crippen LogP contribution is -2.55. The molecule has 1 unspecified atom stereocenters. The van der Waals surface area contributed by atoms with Gasteiger partial charge in [-0.1, -0.05) is 0 Å². The van der Waals surface area contributed by atoms with E-state index in [0.717, 1.165) is 12.8 Å². The Kier molecular flexibility index (Phi) is 3.69. The molecule has 0 aromatic carbocycles. The van der Waals surface area contributed by atoms with Gasteiger partial charge in [-0.2, -0.15) is 0 Å². The van der Waals surface area contributed by atoms with Crippen LogP contribution >= 0.6 is 0 Å². The van der Waals surface area contributed by atoms with Gasteiger partial charge in [-0.15, -0.1) is 0 Å². The van der Waals surface area contributed by atoms with Crippen molar-refractivity contribution in [1.82, 2.24) is 9.80 Å². The predicted octanol–water partition coefficient (Wildman–Crippen LogP) is 1.63. The summed E-state index contributed by atoms with van der Waals surface area (Å²) in [6, 6.07) is -0.0636. The summed E-state index contributed by atoms with van der Waals surface area (Å²) in [5.41, 5.74) is -1.19. The van der Waals surface area contributed by atoms with Gasteiger partial charge in [0.25, 0.3) is 0 Å². The van der Waals surface area contributed by atoms with Crippen LogP contribution in [0.1, 0.15) is 33.6 Å². The summed E-state index contributed by atoms with van der Waals surface area (Å²) in [4.78, 5) is 26.2. The molecule has 17 heavy (non-hydrogen) atoms. The number of hydrogen-bond donors (Lipinski definition) is 1. The van der Waals surface area contributed by atoms with Crippen LogP contribution in [0.5, 0.6) is 0 Å². The van der Waals surface area contributed by atoms with E-state index in [0.29, 0.717) is 5.92 Å². The second-order valence-corrected chi connectivity index (χ2v) is 5.39. The van der Waals surface area contributed by atoms with E-state index in [1.54, 1.807) is 11.9 Å². The molecule has 1 rings (SSSR count). The van der Waals surface area contributed by atoms with E-state index in [-0.39, 0.29) is 12.1 Å². The maximum Gasteiger partial charge on any atom is 0.329 e. The molecule has 5 nitrogen and oxygen atoms in total. The molecule has 1 fully saturated rings. The van der Waals surface area contributed by atoms with Crippen molar-refractivity contribution in [3.63, 3.8) is 0 Å². The Morgan fingerprint density at radius 1 is 1.29 bits per heavy atom. The van der Waals surface area contributed by atoms with Crippen molar-refractivity contribution < 1.29 is 14.7 Å². The summed E-state index contributed by atoms with van der Waals surface area (Å²) in [5.74, 6) is -0.425. The van der Waals surface area contributed by atoms with Gasteiger partial charge in [0.15, 0.2) is 0 Å². The Labute approximate surface area is 102 Å². The highest BCUT2D eigenvalue weighted by atomic mass is 16.4. The standard InChI is InChI=1S/C12H22N2O3/c1-8(9-6-7-9)13(4)11(17)14(5)12(2,3)10(15)16/h8-9H,6-7H2,1-5H3,(H,15,16). The number of urea groups is 1. The molecule has 5 heteroatoms. The second kappa shape index (κ2) is 4.55. The number of carboxylic acid groups (broad SMARTS) is 1. The Balaban J connectivity index is 2.71. The van der Waals surface area contributed by atoms with E-state index in [2.05, 4.69) is 0 Å². The number of carbonyl (C=O) groups is 2. The number of carboxylic acids is 1. The van der Waals surface area contributed by atoms with Crippen LogP contribution in [0, 0.1) is 5.92 Å². The van der Waals surface area contributed by atoms with Crippen LogP contribution in [-0.4, -0.2) is 52.6 Å². The van der Waals surface area contributed by atoms with Crippen molar-refractivity contribution in [3.05, 3.63) is 0 Å². The monoisotopic (exact) mass is 242 g/mol. The molecule has 1 saturated carbocycles. The number of carbonyl (C=O) groups excluding carboxylic acids is 1. The molecule has 0 bridgehead atoms. The van der Waals surface area contributed by atoms with Crippen LogP contribution in [0.25, 0.3) is 0 Å². The van der Waals surface area contributed by atoms with Gasteiger partial charge in [0, 0.05) is 20.1 Å². The summed E-state index contributed by atoms with van der Waals surface area (Å²) >= 11 is 0. The molecule has 0 heterocycles. The molecule has 0 radical (unpaired) electrons. The van der Waals surface area contributed by atoms with Crippen molar-refractivity contribution in [3.8, 4) is 0 Å². The number of aliphatic carboxylic acids is 1. The molecule has 1 aliphatic carbocycles. The van der Waals surface area contributed by atoms with Gasteiger partial charge in [0.2, 0.25) is 0 Å². The van der Waals surface area contributed by atoms with Gasteiger partial charge in [-0.3, -0.25) is 0 Å². The van der Waals surface area contributed by atoms with Crippen LogP contribution in [-0.2, 0) is 4.79 Å². The first-order valence-corrected chi connectivity index (χ1v) is 5.93. The second-order valence-electron chi connectivity index (χ2n) is 5.39. The Morgan fingerprint density at radius 3 is 2.12 bits per heavy atom. The molecule has 1 aliphatic rings. The zero-order chi connectivity index (χ0) is 13.4. The third-order valence-electron chi connectivity index (χ3n) is 3.87. The number of rotatable bonds is 4. The van der Waals surface area contributed by atoms with Crippen molar-refractivity contribution in [2.75, 3.05) is 14.1 Å². The van der Waals surface area contributed by atoms with Crippen LogP contribution in [0.15, 0.2) is 0 Å². The average molecular weight is 242 g/mol. The third kappa shape index (κ3) is 2.70. The van der Waals surface area contributed by atoms with Crippen LogP contribution in [0.4, 0.5) is 4.79 Å². The lowest BCUT2D eigenvalue weighted by atomic mass is 10.0. The van der Waals surface area contributed by atoms with Gasteiger partial charge in [0.05, 0.1) is 0 Å². The fourth-order valence-corrected chi connectivity index (χ4v) is 1.69. The van der Waals surface area contributed by atoms with Crippen molar-refractivity contribution in [2.24, 2.45) is 5.92 Å². The van der Waals surface area contributed by atoms with Gasteiger partial charge in [-0.05, 0) is 39.5 Å². The SMILES string of the molecule is CC(C1CC1)N(C)C(=O)N(C)C(C)(C)C(=O)O. The minimum Gasteiger partial charge on any atom is -0.480 e. The van der Waals surface area contributed by atoms with Crippen LogP contribution in [0.3, 0.4) is 0 Å². The zero-order valence-electron chi connectivity index (χ0n) is 11.2. The van der Waals surface area contributed by atoms with Gasteiger partial charge < -0.3 is 14.9 Å². The van der Waals surface area contributed by atoms with Crippen molar-refractivity contribution >= 4 is 12.0 Å². The highest BCUT2D eigenvalue weighted by molar-refractivity contribution is 5.85. The normalized spacial score (nSPS) is 17.5. The van der Waals surface area contributed by atoms with E-state index in [1.165, 1.54) is 25.8 Å². The summed E-state index contributed by atoms with van der Waals surface area (Å²) in [6.45, 7) is 5.07. The highest BCUT2D eigenvalue weighted by Crippen LogP contribution is 2.35. The summed E-state index contributed by atoms with van der Waals surface area (Å²) in [6.07, 6.45) is 2.32. The Morgan fingerprint density at radius 2 is 1.76 bits per heavy atom. The molecule has 0 saturated heterocycles. The molecule has 98 valence electrons. The summed E-state index contributed by atoms with van der Waals surface area (Å²) in [5, 5.41) is 9.09. The lowest BCUT2D eigenvalue weighted by molar-refractivity contribution is -0.147. The Bertz CT molecular complexity index is 324. The molecular formula is C12H22N2O3. The maximum absolute atomic E-state index is 12.2. The van der Waals surface area contributed by atoms with E-state index in [1.807, 2.05) is 6.92 Å². The fraction of sp³-hybridized carbons (Fsp3) is 0.833. The molecule has 0 aromatic heterocycles. The molecular weight excluding hydrogens is 220 g/mol. The number of likely N-dealkylation sites (N-methyl/N-ethyl adjacent to an activating group) is 1. The third-order valence-corrected chi connectivity index (χ3v) is 3.87. The van der Waals surface area contributed by atoms with Gasteiger partial charge in [0.1, 0.15) is 5.54 Å². The molecule has 2 amide bonds. The minimum atomic E-state index is -1.19. The molecule has 0 aliphatic heterocycles. The fourth-order valence-electron chi connectivity index (χ4n) is 1.69. The highest BCUT2D eigenvalue weighted by Gasteiger charge is 2.39. The molecule has 1 N–H and O–H groups in total. The smallest absolute Gasteiger partial charge is 0.329 e. The number of hydrogen-bond acceptors (Lipinski definition) is 2. The quantitative estimate of drug-likeness (QED) is 0.815. The van der Waals surface area contributed by atoms with Crippen molar-refractivity contribution in [1.29, 1.82) is 0 Å². The predicted molar refractivity (Wildman–Crippen MR) is 64.8 cm³/mol. The van der Waals surface area contributed by atoms with E-state index in [9.17, 15) is 9.59 Å². The van der Waals surface area contributed by atoms with Crippen molar-refractivity contribution in [2.45, 2.75) is 45.2 Å². The van der Waals surface area contributed by atoms with E-state index in [4.69, 9.17) is 5.11 Å². The van der Waals surface area contributed by atoms with Crippen LogP contribution < -0.4 is 0 Å². The molecule has 0 spiro atoms. The minimum absolute atomic E-state index is 0.176. The van der Waals surface area contributed by atoms with Crippen LogP contribution in [0.2, 0.25) is 0 Å². The number of nitrogens with zero attached hydrogens (tertiary/aromatic N) is 2. The number of amides is 2. The molecule has 1 atom stereocenters. The Hall–Kier alpha value is -1.26. The maximum atomic E-state index is 12.2. The van der Waals surface area contributed by atoms with Gasteiger partial charge in [-0.25, -0.2) is 9.59 Å². The summed E-state index contributed by atoms with van der Waals surface area (Å²) < 4.78 is 0. The lowest BCUT2D eigenvalue weighted by Gasteiger charge is -2.36.